The van der Waals surface area contributed by atoms with Crippen LogP contribution >= 0.6 is 24.0 Å². The van der Waals surface area contributed by atoms with Gasteiger partial charge in [0.1, 0.15) is 5.75 Å². The number of rotatable bonds is 8. The number of methoxy groups -OCH3 is 1. The number of benzene rings is 2. The van der Waals surface area contributed by atoms with E-state index in [1.807, 2.05) is 67.8 Å². The molecule has 0 aliphatic carbocycles. The lowest BCUT2D eigenvalue weighted by atomic mass is 10.1. The van der Waals surface area contributed by atoms with E-state index in [2.05, 4.69) is 20.7 Å². The lowest BCUT2D eigenvalue weighted by Crippen LogP contribution is -2.42. The Morgan fingerprint density at radius 2 is 1.79 bits per heavy atom. The van der Waals surface area contributed by atoms with Crippen LogP contribution in [0.15, 0.2) is 65.8 Å². The van der Waals surface area contributed by atoms with E-state index < -0.39 is 0 Å². The molecule has 1 amide bonds. The number of hydrogen-bond donors (Lipinski definition) is 2. The second-order valence-electron chi connectivity index (χ2n) is 7.55. The zero-order valence-corrected chi connectivity index (χ0v) is 21.7. The van der Waals surface area contributed by atoms with Gasteiger partial charge in [0.05, 0.1) is 25.9 Å². The third kappa shape index (κ3) is 7.77. The van der Waals surface area contributed by atoms with E-state index in [-0.39, 0.29) is 36.4 Å². The first-order valence-corrected chi connectivity index (χ1v) is 10.4. The van der Waals surface area contributed by atoms with Crippen LogP contribution in [-0.2, 0) is 24.9 Å². The van der Waals surface area contributed by atoms with E-state index in [1.54, 1.807) is 30.8 Å². The maximum atomic E-state index is 12.1. The molecule has 8 nitrogen and oxygen atoms in total. The molecule has 0 saturated heterocycles. The normalized spacial score (nSPS) is 10.8. The topological polar surface area (TPSA) is 83.8 Å². The first kappa shape index (κ1) is 26.2. The zero-order valence-electron chi connectivity index (χ0n) is 19.4. The van der Waals surface area contributed by atoms with Crippen LogP contribution in [0.5, 0.6) is 5.75 Å². The molecule has 2 aromatic carbocycles. The van der Waals surface area contributed by atoms with Gasteiger partial charge < -0.3 is 20.3 Å². The van der Waals surface area contributed by atoms with Crippen LogP contribution in [0.3, 0.4) is 0 Å². The van der Waals surface area contributed by atoms with E-state index in [1.165, 1.54) is 0 Å². The van der Waals surface area contributed by atoms with Gasteiger partial charge >= 0.3 is 0 Å². The second kappa shape index (κ2) is 12.8. The Balaban J connectivity index is 0.00000385. The number of nitrogens with one attached hydrogen (secondary N) is 2. The van der Waals surface area contributed by atoms with Gasteiger partial charge in [0.2, 0.25) is 5.91 Å². The van der Waals surface area contributed by atoms with Crippen molar-refractivity contribution in [2.75, 3.05) is 27.7 Å². The van der Waals surface area contributed by atoms with Crippen molar-refractivity contribution >= 4 is 35.8 Å². The van der Waals surface area contributed by atoms with E-state index >= 15 is 0 Å². The Morgan fingerprint density at radius 3 is 2.42 bits per heavy atom. The fourth-order valence-corrected chi connectivity index (χ4v) is 3.08. The number of aromatic nitrogens is 2. The Hall–Kier alpha value is -3.08. The molecule has 33 heavy (non-hydrogen) atoms. The summed E-state index contributed by atoms with van der Waals surface area (Å²) < 4.78 is 7.01. The average Bonchev–Trinajstić information content (AvgIpc) is 3.19. The van der Waals surface area contributed by atoms with Gasteiger partial charge in [0, 0.05) is 45.0 Å². The highest BCUT2D eigenvalue weighted by atomic mass is 127. The number of likely N-dealkylation sites (N-methyl/N-ethyl adjacent to an activating group) is 1. The van der Waals surface area contributed by atoms with Gasteiger partial charge in [-0.25, -0.2) is 4.99 Å². The third-order valence-electron chi connectivity index (χ3n) is 4.88. The van der Waals surface area contributed by atoms with Crippen LogP contribution in [0.4, 0.5) is 0 Å². The fraction of sp³-hybridized carbons (Fsp3) is 0.292. The number of aryl methyl sites for hydroxylation is 1. The number of amides is 1. The molecule has 0 bridgehead atoms. The molecule has 3 rings (SSSR count). The van der Waals surface area contributed by atoms with E-state index in [0.29, 0.717) is 19.0 Å². The molecule has 1 aromatic heterocycles. The Bertz CT molecular complexity index is 1050. The Morgan fingerprint density at radius 1 is 1.09 bits per heavy atom. The van der Waals surface area contributed by atoms with Gasteiger partial charge in [-0.15, -0.1) is 24.0 Å². The number of guanidine groups is 1. The summed E-state index contributed by atoms with van der Waals surface area (Å²) in [6.45, 7) is 1.14. The predicted octanol–water partition coefficient (Wildman–Crippen LogP) is 3.04. The third-order valence-corrected chi connectivity index (χ3v) is 4.88. The van der Waals surface area contributed by atoms with Crippen LogP contribution in [-0.4, -0.2) is 54.3 Å². The summed E-state index contributed by atoms with van der Waals surface area (Å²) in [5, 5.41) is 11.1. The van der Waals surface area contributed by atoms with Gasteiger partial charge in [-0.05, 0) is 17.7 Å². The molecule has 176 valence electrons. The first-order chi connectivity index (χ1) is 15.5. The molecule has 0 aliphatic rings. The van der Waals surface area contributed by atoms with Crippen molar-refractivity contribution in [2.45, 2.75) is 13.1 Å². The molecule has 0 fully saturated rings. The van der Waals surface area contributed by atoms with Gasteiger partial charge in [-0.1, -0.05) is 42.5 Å². The lowest BCUT2D eigenvalue weighted by Gasteiger charge is -2.15. The van der Waals surface area contributed by atoms with Crippen molar-refractivity contribution < 1.29 is 9.53 Å². The smallest absolute Gasteiger partial charge is 0.241 e. The van der Waals surface area contributed by atoms with Crippen LogP contribution < -0.4 is 15.4 Å². The lowest BCUT2D eigenvalue weighted by molar-refractivity contribution is -0.127. The van der Waals surface area contributed by atoms with Crippen LogP contribution in [0.25, 0.3) is 11.3 Å². The van der Waals surface area contributed by atoms with Crippen molar-refractivity contribution in [2.24, 2.45) is 12.0 Å². The molecule has 0 spiro atoms. The van der Waals surface area contributed by atoms with Crippen molar-refractivity contribution in [3.8, 4) is 17.0 Å². The molecule has 0 radical (unpaired) electrons. The molecule has 3 aromatic rings. The van der Waals surface area contributed by atoms with E-state index in [4.69, 9.17) is 4.74 Å². The van der Waals surface area contributed by atoms with Crippen molar-refractivity contribution in [1.82, 2.24) is 25.3 Å². The number of ether oxygens (including phenoxy) is 1. The summed E-state index contributed by atoms with van der Waals surface area (Å²) in [6.07, 6.45) is 1.99. The average molecular weight is 562 g/mol. The SMILES string of the molecule is COc1ccc(CN=C(NCC(=O)N(C)C)NCc2cn(C)nc2-c2ccccc2)cc1.I. The Kier molecular flexibility index (Phi) is 10.2. The summed E-state index contributed by atoms with van der Waals surface area (Å²) in [5.41, 5.74) is 4.05. The maximum Gasteiger partial charge on any atom is 0.241 e. The van der Waals surface area contributed by atoms with Crippen molar-refractivity contribution in [1.29, 1.82) is 0 Å². The quantitative estimate of drug-likeness (QED) is 0.251. The van der Waals surface area contributed by atoms with E-state index in [0.717, 1.165) is 28.1 Å². The minimum atomic E-state index is -0.0321. The molecule has 9 heteroatoms. The molecule has 0 saturated carbocycles. The predicted molar refractivity (Wildman–Crippen MR) is 142 cm³/mol. The number of aliphatic imine (C=N–C) groups is 1. The van der Waals surface area contributed by atoms with Crippen LogP contribution in [0.1, 0.15) is 11.1 Å². The molecule has 2 N–H and O–H groups in total. The van der Waals surface area contributed by atoms with Gasteiger partial charge in [-0.3, -0.25) is 9.48 Å². The number of halogens is 1. The molecular weight excluding hydrogens is 531 g/mol. The van der Waals surface area contributed by atoms with Crippen molar-refractivity contribution in [3.63, 3.8) is 0 Å². The van der Waals surface area contributed by atoms with E-state index in [9.17, 15) is 4.79 Å². The molecular formula is C24H31IN6O2. The standard InChI is InChI=1S/C24H30N6O2.HI/c1-29(2)22(31)16-27-24(25-14-18-10-12-21(32-4)13-11-18)26-15-20-17-30(3)28-23(20)19-8-6-5-7-9-19;/h5-13,17H,14-16H2,1-4H3,(H2,25,26,27);1H. The van der Waals surface area contributed by atoms with Crippen LogP contribution in [0.2, 0.25) is 0 Å². The molecule has 0 unspecified atom stereocenters. The highest BCUT2D eigenvalue weighted by Crippen LogP contribution is 2.21. The van der Waals surface area contributed by atoms with Gasteiger partial charge in [-0.2, -0.15) is 5.10 Å². The fourth-order valence-electron chi connectivity index (χ4n) is 3.08. The minimum Gasteiger partial charge on any atom is -0.497 e. The maximum absolute atomic E-state index is 12.1. The minimum absolute atomic E-state index is 0. The highest BCUT2D eigenvalue weighted by Gasteiger charge is 2.12. The number of carbonyl (C=O) groups is 1. The summed E-state index contributed by atoms with van der Waals surface area (Å²) in [4.78, 5) is 18.3. The largest absolute Gasteiger partial charge is 0.497 e. The van der Waals surface area contributed by atoms with Gasteiger partial charge in [0.25, 0.3) is 0 Å². The number of carbonyl (C=O) groups excluding carboxylic acids is 1. The molecule has 0 atom stereocenters. The molecule has 1 heterocycles. The summed E-state index contributed by atoms with van der Waals surface area (Å²) in [5.74, 6) is 1.32. The highest BCUT2D eigenvalue weighted by molar-refractivity contribution is 14.0. The monoisotopic (exact) mass is 562 g/mol. The van der Waals surface area contributed by atoms with Crippen LogP contribution in [0, 0.1) is 0 Å². The van der Waals surface area contributed by atoms with Crippen molar-refractivity contribution in [3.05, 3.63) is 71.9 Å². The number of nitrogens with zero attached hydrogens (tertiary/aromatic N) is 4. The zero-order chi connectivity index (χ0) is 22.9. The Labute approximate surface area is 212 Å². The number of hydrogen-bond acceptors (Lipinski definition) is 4. The molecule has 0 aliphatic heterocycles. The summed E-state index contributed by atoms with van der Waals surface area (Å²) in [6, 6.07) is 17.8. The van der Waals surface area contributed by atoms with Gasteiger partial charge in [0.15, 0.2) is 5.96 Å². The second-order valence-corrected chi connectivity index (χ2v) is 7.55. The first-order valence-electron chi connectivity index (χ1n) is 10.4. The summed E-state index contributed by atoms with van der Waals surface area (Å²) in [7, 11) is 7.01. The summed E-state index contributed by atoms with van der Waals surface area (Å²) >= 11 is 0.